The summed E-state index contributed by atoms with van der Waals surface area (Å²) in [7, 11) is 1.68. The minimum Gasteiger partial charge on any atom is -0.197 e. The van der Waals surface area contributed by atoms with Crippen LogP contribution in [0, 0.1) is 0 Å². The van der Waals surface area contributed by atoms with E-state index in [0.717, 1.165) is 5.88 Å². The minimum absolute atomic E-state index is 0.788. The van der Waals surface area contributed by atoms with E-state index in [-0.39, 0.29) is 0 Å². The molecule has 0 spiro atoms. The lowest BCUT2D eigenvalue weighted by molar-refractivity contribution is 1.09. The molecule has 0 aliphatic carbocycles. The first kappa shape index (κ1) is 5.95. The van der Waals surface area contributed by atoms with Gasteiger partial charge in [0.15, 0.2) is 0 Å². The van der Waals surface area contributed by atoms with Crippen molar-refractivity contribution in [3.63, 3.8) is 0 Å². The van der Waals surface area contributed by atoms with Gasteiger partial charge in [-0.3, -0.25) is 0 Å². The van der Waals surface area contributed by atoms with Crippen molar-refractivity contribution in [3.8, 4) is 0 Å². The monoisotopic (exact) mass is 104 g/mol. The topological polar surface area (TPSA) is 24.7 Å². The molecule has 36 valence electrons. The number of rotatable bonds is 2. The van der Waals surface area contributed by atoms with E-state index in [4.69, 9.17) is 0 Å². The van der Waals surface area contributed by atoms with Crippen molar-refractivity contribution in [3.05, 3.63) is 0 Å². The zero-order valence-electron chi connectivity index (χ0n) is 4.01. The SMILES string of the molecule is CN=NCSC. The van der Waals surface area contributed by atoms with Gasteiger partial charge in [-0.2, -0.15) is 10.2 Å². The number of azo groups is 1. The fourth-order valence-corrected chi connectivity index (χ4v) is 0.346. The van der Waals surface area contributed by atoms with Crippen LogP contribution in [0.2, 0.25) is 0 Å². The lowest BCUT2D eigenvalue weighted by Gasteiger charge is -1.76. The van der Waals surface area contributed by atoms with Crippen molar-refractivity contribution in [1.29, 1.82) is 0 Å². The molecule has 0 aliphatic rings. The van der Waals surface area contributed by atoms with Crippen molar-refractivity contribution < 1.29 is 0 Å². The van der Waals surface area contributed by atoms with E-state index in [1.165, 1.54) is 0 Å². The highest BCUT2D eigenvalue weighted by molar-refractivity contribution is 7.98. The van der Waals surface area contributed by atoms with E-state index in [9.17, 15) is 0 Å². The van der Waals surface area contributed by atoms with Crippen LogP contribution in [0.3, 0.4) is 0 Å². The standard InChI is InChI=1S/C3H8N2S/c1-4-5-3-6-2/h3H2,1-2H3. The molecule has 0 atom stereocenters. The van der Waals surface area contributed by atoms with Gasteiger partial charge in [0.1, 0.15) is 5.88 Å². The van der Waals surface area contributed by atoms with Crippen LogP contribution in [-0.4, -0.2) is 19.2 Å². The van der Waals surface area contributed by atoms with Gasteiger partial charge in [0.25, 0.3) is 0 Å². The first-order valence-electron chi connectivity index (χ1n) is 1.66. The Hall–Kier alpha value is -0.0500. The second kappa shape index (κ2) is 4.95. The Bertz CT molecular complexity index is 44.1. The summed E-state index contributed by atoms with van der Waals surface area (Å²) in [6.45, 7) is 0. The zero-order chi connectivity index (χ0) is 4.83. The highest BCUT2D eigenvalue weighted by atomic mass is 32.2. The Morgan fingerprint density at radius 2 is 2.33 bits per heavy atom. The number of nitrogens with zero attached hydrogens (tertiary/aromatic N) is 2. The van der Waals surface area contributed by atoms with Gasteiger partial charge in [-0.15, -0.1) is 11.8 Å². The predicted molar refractivity (Wildman–Crippen MR) is 29.2 cm³/mol. The third kappa shape index (κ3) is 3.95. The molecule has 0 amide bonds. The van der Waals surface area contributed by atoms with Crippen LogP contribution in [0.25, 0.3) is 0 Å². The van der Waals surface area contributed by atoms with Crippen LogP contribution in [0.4, 0.5) is 0 Å². The van der Waals surface area contributed by atoms with E-state index >= 15 is 0 Å². The summed E-state index contributed by atoms with van der Waals surface area (Å²) in [5.74, 6) is 0.788. The Balaban J connectivity index is 2.66. The third-order valence-corrected chi connectivity index (χ3v) is 0.702. The molecule has 6 heavy (non-hydrogen) atoms. The molecule has 0 saturated carbocycles. The van der Waals surface area contributed by atoms with Crippen molar-refractivity contribution in [1.82, 2.24) is 0 Å². The lowest BCUT2D eigenvalue weighted by Crippen LogP contribution is -1.61. The van der Waals surface area contributed by atoms with Gasteiger partial charge in [-0.05, 0) is 6.26 Å². The van der Waals surface area contributed by atoms with E-state index in [1.807, 2.05) is 6.26 Å². The molecule has 0 saturated heterocycles. The molecule has 0 fully saturated rings. The van der Waals surface area contributed by atoms with Gasteiger partial charge in [0, 0.05) is 7.05 Å². The van der Waals surface area contributed by atoms with Crippen LogP contribution in [0.1, 0.15) is 0 Å². The molecule has 0 unspecified atom stereocenters. The predicted octanol–water partition coefficient (Wildman–Crippen LogP) is 1.39. The molecule has 3 heteroatoms. The lowest BCUT2D eigenvalue weighted by atomic mass is 11.4. The summed E-state index contributed by atoms with van der Waals surface area (Å²) in [5, 5.41) is 7.21. The molecule has 0 aromatic rings. The number of hydrogen-bond acceptors (Lipinski definition) is 3. The largest absolute Gasteiger partial charge is 0.197 e. The van der Waals surface area contributed by atoms with Gasteiger partial charge in [0.05, 0.1) is 0 Å². The molecule has 0 aromatic carbocycles. The summed E-state index contributed by atoms with van der Waals surface area (Å²) < 4.78 is 0. The normalized spacial score (nSPS) is 10.3. The Kier molecular flexibility index (Phi) is 4.91. The molecule has 0 rings (SSSR count). The third-order valence-electron chi connectivity index (χ3n) is 0.328. The fourth-order valence-electron chi connectivity index (χ4n) is 0.115. The van der Waals surface area contributed by atoms with Crippen LogP contribution >= 0.6 is 11.8 Å². The summed E-state index contributed by atoms with van der Waals surface area (Å²) in [6.07, 6.45) is 1.99. The molecule has 0 aliphatic heterocycles. The Morgan fingerprint density at radius 3 is 2.50 bits per heavy atom. The Morgan fingerprint density at radius 1 is 1.67 bits per heavy atom. The molecule has 2 nitrogen and oxygen atoms in total. The maximum atomic E-state index is 3.68. The van der Waals surface area contributed by atoms with Crippen LogP contribution in [0.15, 0.2) is 10.2 Å². The minimum atomic E-state index is 0.788. The molecule has 0 bridgehead atoms. The van der Waals surface area contributed by atoms with Crippen LogP contribution in [-0.2, 0) is 0 Å². The first-order chi connectivity index (χ1) is 2.91. The number of thioether (sulfide) groups is 1. The summed E-state index contributed by atoms with van der Waals surface area (Å²) in [6, 6.07) is 0. The average Bonchev–Trinajstić information content (AvgIpc) is 1.61. The van der Waals surface area contributed by atoms with Gasteiger partial charge >= 0.3 is 0 Å². The van der Waals surface area contributed by atoms with E-state index in [0.29, 0.717) is 0 Å². The van der Waals surface area contributed by atoms with Crippen molar-refractivity contribution in [2.45, 2.75) is 0 Å². The van der Waals surface area contributed by atoms with Crippen molar-refractivity contribution >= 4 is 11.8 Å². The molecule has 0 aromatic heterocycles. The molecular weight excluding hydrogens is 96.1 g/mol. The van der Waals surface area contributed by atoms with Gasteiger partial charge < -0.3 is 0 Å². The number of hydrogen-bond donors (Lipinski definition) is 0. The van der Waals surface area contributed by atoms with Crippen LogP contribution in [0.5, 0.6) is 0 Å². The molecule has 0 radical (unpaired) electrons. The smallest absolute Gasteiger partial charge is 0.105 e. The van der Waals surface area contributed by atoms with E-state index < -0.39 is 0 Å². The zero-order valence-corrected chi connectivity index (χ0v) is 4.83. The second-order valence-corrected chi connectivity index (χ2v) is 1.59. The fraction of sp³-hybridized carbons (Fsp3) is 1.00. The summed E-state index contributed by atoms with van der Waals surface area (Å²) in [5.41, 5.74) is 0. The molecule has 0 heterocycles. The maximum Gasteiger partial charge on any atom is 0.105 e. The van der Waals surface area contributed by atoms with Gasteiger partial charge in [-0.25, -0.2) is 0 Å². The van der Waals surface area contributed by atoms with Crippen LogP contribution < -0.4 is 0 Å². The van der Waals surface area contributed by atoms with Crippen molar-refractivity contribution in [2.24, 2.45) is 10.2 Å². The summed E-state index contributed by atoms with van der Waals surface area (Å²) >= 11 is 1.67. The highest BCUT2D eigenvalue weighted by Gasteiger charge is 1.65. The quantitative estimate of drug-likeness (QED) is 0.486. The second-order valence-electron chi connectivity index (χ2n) is 0.759. The summed E-state index contributed by atoms with van der Waals surface area (Å²) in [4.78, 5) is 0. The van der Waals surface area contributed by atoms with Gasteiger partial charge in [0.2, 0.25) is 0 Å². The molecular formula is C3H8N2S. The maximum absolute atomic E-state index is 3.68. The average molecular weight is 104 g/mol. The Labute approximate surface area is 42.0 Å². The van der Waals surface area contributed by atoms with E-state index in [2.05, 4.69) is 10.2 Å². The molecule has 0 N–H and O–H groups in total. The van der Waals surface area contributed by atoms with E-state index in [1.54, 1.807) is 18.8 Å². The highest BCUT2D eigenvalue weighted by Crippen LogP contribution is 1.89. The first-order valence-corrected chi connectivity index (χ1v) is 3.05. The van der Waals surface area contributed by atoms with Gasteiger partial charge in [-0.1, -0.05) is 0 Å². The van der Waals surface area contributed by atoms with Crippen molar-refractivity contribution in [2.75, 3.05) is 19.2 Å².